The number of likely N-dealkylation sites (tertiary alicyclic amines) is 1. The minimum Gasteiger partial charge on any atom is -0.403 e. The van der Waals surface area contributed by atoms with Crippen LogP contribution in [0, 0.1) is 5.41 Å². The van der Waals surface area contributed by atoms with Gasteiger partial charge >= 0.3 is 6.01 Å². The number of amides is 1. The summed E-state index contributed by atoms with van der Waals surface area (Å²) >= 11 is 0. The number of nitrogens with zero attached hydrogens (tertiary/aromatic N) is 3. The third-order valence-electron chi connectivity index (χ3n) is 6.51. The summed E-state index contributed by atoms with van der Waals surface area (Å²) in [6.07, 6.45) is 3.24. The molecule has 2 saturated carbocycles. The number of anilines is 1. The summed E-state index contributed by atoms with van der Waals surface area (Å²) in [5.74, 6) is -1.76. The molecule has 2 heterocycles. The van der Waals surface area contributed by atoms with Crippen molar-refractivity contribution in [1.29, 1.82) is 0 Å². The van der Waals surface area contributed by atoms with Crippen molar-refractivity contribution in [3.63, 3.8) is 0 Å². The lowest BCUT2D eigenvalue weighted by Gasteiger charge is -2.22. The molecule has 0 radical (unpaired) electrons. The van der Waals surface area contributed by atoms with Crippen molar-refractivity contribution in [2.75, 3.05) is 18.4 Å². The fourth-order valence-electron chi connectivity index (χ4n) is 4.30. The molecule has 2 aliphatic carbocycles. The van der Waals surface area contributed by atoms with E-state index < -0.39 is 17.4 Å². The van der Waals surface area contributed by atoms with Gasteiger partial charge in [-0.1, -0.05) is 24.2 Å². The standard InChI is InChI=1S/C21H24F2N4O2/c1-2-16(18(28)27-10-9-20(12-27)11-21(20,22)23)24-19-26-25-17(29-19)15-7-5-14(6-8-15)13-3-4-13/h5-8,13,16H,2-4,9-12H2,1H3,(H,24,26)/t16-,20-/m1/s1. The lowest BCUT2D eigenvalue weighted by atomic mass is 10.1. The second-order valence-electron chi connectivity index (χ2n) is 8.59. The Morgan fingerprint density at radius 2 is 2.03 bits per heavy atom. The molecule has 0 unspecified atom stereocenters. The fraction of sp³-hybridized carbons (Fsp3) is 0.571. The van der Waals surface area contributed by atoms with Crippen molar-refractivity contribution >= 4 is 11.9 Å². The molecule has 29 heavy (non-hydrogen) atoms. The first-order valence-corrected chi connectivity index (χ1v) is 10.3. The predicted octanol–water partition coefficient (Wildman–Crippen LogP) is 4.06. The maximum absolute atomic E-state index is 13.6. The molecule has 0 bridgehead atoms. The van der Waals surface area contributed by atoms with Crippen molar-refractivity contribution in [3.8, 4) is 11.5 Å². The van der Waals surface area contributed by atoms with E-state index in [2.05, 4.69) is 27.6 Å². The molecule has 154 valence electrons. The van der Waals surface area contributed by atoms with Crippen LogP contribution in [0.5, 0.6) is 0 Å². The molecule has 1 saturated heterocycles. The summed E-state index contributed by atoms with van der Waals surface area (Å²) in [5.41, 5.74) is 1.16. The van der Waals surface area contributed by atoms with Crippen LogP contribution in [-0.4, -0.2) is 46.1 Å². The zero-order chi connectivity index (χ0) is 20.2. The molecule has 6 nitrogen and oxygen atoms in total. The lowest BCUT2D eigenvalue weighted by Crippen LogP contribution is -2.42. The van der Waals surface area contributed by atoms with Crippen molar-refractivity contribution in [3.05, 3.63) is 29.8 Å². The van der Waals surface area contributed by atoms with E-state index >= 15 is 0 Å². The van der Waals surface area contributed by atoms with Gasteiger partial charge in [0.25, 0.3) is 5.92 Å². The van der Waals surface area contributed by atoms with Gasteiger partial charge in [0.05, 0.1) is 5.41 Å². The van der Waals surface area contributed by atoms with E-state index in [1.165, 1.54) is 23.3 Å². The highest BCUT2D eigenvalue weighted by Gasteiger charge is 2.73. The van der Waals surface area contributed by atoms with E-state index in [0.29, 0.717) is 31.2 Å². The smallest absolute Gasteiger partial charge is 0.316 e. The van der Waals surface area contributed by atoms with E-state index in [-0.39, 0.29) is 24.9 Å². The average Bonchev–Trinajstić information content (AvgIpc) is 3.50. The highest BCUT2D eigenvalue weighted by atomic mass is 19.3. The molecule has 1 N–H and O–H groups in total. The number of rotatable bonds is 6. The Balaban J connectivity index is 1.24. The van der Waals surface area contributed by atoms with Gasteiger partial charge in [0.15, 0.2) is 0 Å². The topological polar surface area (TPSA) is 71.3 Å². The molecule has 1 spiro atoms. The maximum Gasteiger partial charge on any atom is 0.316 e. The summed E-state index contributed by atoms with van der Waals surface area (Å²) in [4.78, 5) is 14.4. The molecule has 2 aromatic rings. The van der Waals surface area contributed by atoms with Crippen molar-refractivity contribution in [1.82, 2.24) is 15.1 Å². The van der Waals surface area contributed by atoms with Gasteiger partial charge in [-0.2, -0.15) is 0 Å². The number of hydrogen-bond donors (Lipinski definition) is 1. The van der Waals surface area contributed by atoms with Crippen LogP contribution in [0.15, 0.2) is 28.7 Å². The molecule has 3 fully saturated rings. The zero-order valence-corrected chi connectivity index (χ0v) is 16.3. The molecule has 1 amide bonds. The first-order valence-electron chi connectivity index (χ1n) is 10.3. The van der Waals surface area contributed by atoms with E-state index in [0.717, 1.165) is 5.56 Å². The Labute approximate surface area is 167 Å². The second kappa shape index (κ2) is 6.50. The van der Waals surface area contributed by atoms with Crippen molar-refractivity contribution in [2.45, 2.75) is 56.9 Å². The van der Waals surface area contributed by atoms with Gasteiger partial charge in [-0.05, 0) is 49.3 Å². The third-order valence-corrected chi connectivity index (χ3v) is 6.51. The molecule has 1 aliphatic heterocycles. The summed E-state index contributed by atoms with van der Waals surface area (Å²) in [6.45, 7) is 2.36. The number of nitrogens with one attached hydrogen (secondary N) is 1. The monoisotopic (exact) mass is 402 g/mol. The number of hydrogen-bond acceptors (Lipinski definition) is 5. The Kier molecular flexibility index (Phi) is 4.15. The van der Waals surface area contributed by atoms with Crippen LogP contribution in [0.3, 0.4) is 0 Å². The molecule has 2 atom stereocenters. The maximum atomic E-state index is 13.6. The molecule has 5 rings (SSSR count). The third kappa shape index (κ3) is 3.28. The Hall–Kier alpha value is -2.51. The van der Waals surface area contributed by atoms with Crippen LogP contribution in [0.2, 0.25) is 0 Å². The Morgan fingerprint density at radius 1 is 1.31 bits per heavy atom. The first-order chi connectivity index (χ1) is 13.9. The zero-order valence-electron chi connectivity index (χ0n) is 16.3. The van der Waals surface area contributed by atoms with Crippen LogP contribution in [-0.2, 0) is 4.79 Å². The van der Waals surface area contributed by atoms with E-state index in [1.54, 1.807) is 0 Å². The highest BCUT2D eigenvalue weighted by molar-refractivity contribution is 5.84. The number of aromatic nitrogens is 2. The summed E-state index contributed by atoms with van der Waals surface area (Å²) in [5, 5.41) is 11.1. The van der Waals surface area contributed by atoms with Crippen LogP contribution in [0.25, 0.3) is 11.5 Å². The molecule has 1 aromatic carbocycles. The van der Waals surface area contributed by atoms with Gasteiger partial charge in [-0.25, -0.2) is 8.78 Å². The predicted molar refractivity (Wildman–Crippen MR) is 103 cm³/mol. The highest BCUT2D eigenvalue weighted by Crippen LogP contribution is 2.65. The molecular formula is C21H24F2N4O2. The van der Waals surface area contributed by atoms with Gasteiger partial charge in [0.1, 0.15) is 6.04 Å². The SMILES string of the molecule is CC[C@@H](Nc1nnc(-c2ccc(C3CC3)cc2)o1)C(=O)N1CC[C@]2(C1)CC2(F)F. The van der Waals surface area contributed by atoms with E-state index in [4.69, 9.17) is 4.42 Å². The summed E-state index contributed by atoms with van der Waals surface area (Å²) in [6, 6.07) is 7.68. The number of alkyl halides is 2. The van der Waals surface area contributed by atoms with Crippen LogP contribution in [0.1, 0.15) is 50.5 Å². The van der Waals surface area contributed by atoms with Crippen molar-refractivity contribution in [2.24, 2.45) is 5.41 Å². The van der Waals surface area contributed by atoms with E-state index in [9.17, 15) is 13.6 Å². The molecular weight excluding hydrogens is 378 g/mol. The minimum atomic E-state index is -2.63. The Morgan fingerprint density at radius 3 is 2.62 bits per heavy atom. The number of carbonyl (C=O) groups excluding carboxylic acids is 1. The van der Waals surface area contributed by atoms with E-state index in [1.807, 2.05) is 19.1 Å². The largest absolute Gasteiger partial charge is 0.403 e. The molecule has 1 aromatic heterocycles. The van der Waals surface area contributed by atoms with Gasteiger partial charge < -0.3 is 14.6 Å². The van der Waals surface area contributed by atoms with Gasteiger partial charge in [0.2, 0.25) is 11.8 Å². The van der Waals surface area contributed by atoms with Gasteiger partial charge in [0, 0.05) is 25.1 Å². The first kappa shape index (κ1) is 18.5. The van der Waals surface area contributed by atoms with Crippen LogP contribution in [0.4, 0.5) is 14.8 Å². The van der Waals surface area contributed by atoms with Crippen molar-refractivity contribution < 1.29 is 18.0 Å². The van der Waals surface area contributed by atoms with Crippen LogP contribution >= 0.6 is 0 Å². The number of halogens is 2. The van der Waals surface area contributed by atoms with Gasteiger partial charge in [-0.15, -0.1) is 5.10 Å². The second-order valence-corrected chi connectivity index (χ2v) is 8.59. The Bertz CT molecular complexity index is 925. The number of carbonyl (C=O) groups is 1. The quantitative estimate of drug-likeness (QED) is 0.789. The lowest BCUT2D eigenvalue weighted by molar-refractivity contribution is -0.131. The summed E-state index contributed by atoms with van der Waals surface area (Å²) < 4.78 is 32.9. The number of benzene rings is 1. The fourth-order valence-corrected chi connectivity index (χ4v) is 4.30. The van der Waals surface area contributed by atoms with Gasteiger partial charge in [-0.3, -0.25) is 4.79 Å². The minimum absolute atomic E-state index is 0.111. The summed E-state index contributed by atoms with van der Waals surface area (Å²) in [7, 11) is 0. The van der Waals surface area contributed by atoms with Crippen LogP contribution < -0.4 is 5.32 Å². The molecule has 8 heteroatoms. The molecule has 3 aliphatic rings. The normalized spacial score (nSPS) is 26.0. The average molecular weight is 402 g/mol.